The molecule has 29 heavy (non-hydrogen) atoms. The van der Waals surface area contributed by atoms with Gasteiger partial charge in [0.1, 0.15) is 0 Å². The van der Waals surface area contributed by atoms with Crippen molar-refractivity contribution in [1.82, 2.24) is 9.88 Å². The molecule has 2 saturated heterocycles. The molecule has 0 aliphatic carbocycles. The van der Waals surface area contributed by atoms with Crippen LogP contribution in [0.5, 0.6) is 0 Å². The highest BCUT2D eigenvalue weighted by molar-refractivity contribution is 7.13. The van der Waals surface area contributed by atoms with Crippen LogP contribution in [-0.2, 0) is 19.7 Å². The van der Waals surface area contributed by atoms with Crippen LogP contribution < -0.4 is 5.32 Å². The van der Waals surface area contributed by atoms with Crippen LogP contribution in [0.2, 0.25) is 0 Å². The number of esters is 1. The maximum atomic E-state index is 12.7. The predicted molar refractivity (Wildman–Crippen MR) is 113 cm³/mol. The maximum Gasteiger partial charge on any atom is 0.309 e. The summed E-state index contributed by atoms with van der Waals surface area (Å²) >= 11 is 1.62. The lowest BCUT2D eigenvalue weighted by molar-refractivity contribution is -0.141. The van der Waals surface area contributed by atoms with Crippen molar-refractivity contribution in [3.8, 4) is 0 Å². The Morgan fingerprint density at radius 2 is 2.07 bits per heavy atom. The number of benzene rings is 1. The number of carbonyl (C=O) groups excluding carboxylic acids is 2. The Balaban J connectivity index is 1.46. The topological polar surface area (TPSA) is 71.5 Å². The number of nitrogens with zero attached hydrogens (tertiary/aromatic N) is 2. The number of ether oxygens (including phenoxy) is 1. The molecule has 3 heterocycles. The van der Waals surface area contributed by atoms with Gasteiger partial charge in [-0.25, -0.2) is 4.98 Å². The van der Waals surface area contributed by atoms with Crippen LogP contribution in [0.25, 0.3) is 0 Å². The fourth-order valence-corrected chi connectivity index (χ4v) is 5.22. The number of hydrogen-bond donors (Lipinski definition) is 1. The van der Waals surface area contributed by atoms with Gasteiger partial charge in [-0.05, 0) is 31.2 Å². The summed E-state index contributed by atoms with van der Waals surface area (Å²) in [5.74, 6) is -0.119. The fraction of sp³-hybridized carbons (Fsp3) is 0.500. The molecule has 1 unspecified atom stereocenters. The molecule has 0 radical (unpaired) electrons. The molecule has 0 bridgehead atoms. The first-order valence-corrected chi connectivity index (χ1v) is 11.1. The molecule has 154 valence electrons. The summed E-state index contributed by atoms with van der Waals surface area (Å²) in [4.78, 5) is 31.1. The van der Waals surface area contributed by atoms with E-state index in [0.717, 1.165) is 30.1 Å². The molecule has 1 atom stereocenters. The molecule has 7 heteroatoms. The third-order valence-electron chi connectivity index (χ3n) is 6.26. The molecule has 4 rings (SSSR count). The number of nitrogens with one attached hydrogen (secondary N) is 1. The van der Waals surface area contributed by atoms with Crippen LogP contribution in [0, 0.1) is 5.92 Å². The van der Waals surface area contributed by atoms with E-state index >= 15 is 0 Å². The second-order valence-electron chi connectivity index (χ2n) is 7.81. The van der Waals surface area contributed by atoms with Gasteiger partial charge in [-0.15, -0.1) is 11.3 Å². The molecular weight excluding hydrogens is 386 g/mol. The highest BCUT2D eigenvalue weighted by Crippen LogP contribution is 2.42. The molecule has 0 spiro atoms. The number of amides is 1. The minimum atomic E-state index is -0.168. The zero-order valence-electron chi connectivity index (χ0n) is 16.7. The lowest BCUT2D eigenvalue weighted by Crippen LogP contribution is -2.46. The molecule has 1 aromatic carbocycles. The zero-order chi connectivity index (χ0) is 20.3. The van der Waals surface area contributed by atoms with E-state index in [1.165, 1.54) is 5.56 Å². The largest absolute Gasteiger partial charge is 0.465 e. The van der Waals surface area contributed by atoms with Gasteiger partial charge in [0.05, 0.1) is 18.2 Å². The molecule has 2 aliphatic rings. The van der Waals surface area contributed by atoms with E-state index < -0.39 is 0 Å². The number of thiazole rings is 1. The van der Waals surface area contributed by atoms with Crippen molar-refractivity contribution in [3.05, 3.63) is 47.0 Å². The van der Waals surface area contributed by atoms with Crippen molar-refractivity contribution < 1.29 is 14.3 Å². The smallest absolute Gasteiger partial charge is 0.309 e. The van der Waals surface area contributed by atoms with Gasteiger partial charge in [-0.1, -0.05) is 30.3 Å². The molecule has 2 fully saturated rings. The third kappa shape index (κ3) is 4.01. The number of piperidine rings is 1. The summed E-state index contributed by atoms with van der Waals surface area (Å²) in [5.41, 5.74) is 2.17. The summed E-state index contributed by atoms with van der Waals surface area (Å²) in [6.45, 7) is 1.90. The number of hydrogen-bond acceptors (Lipinski definition) is 6. The highest BCUT2D eigenvalue weighted by atomic mass is 32.1. The molecule has 1 aromatic heterocycles. The Morgan fingerprint density at radius 3 is 2.69 bits per heavy atom. The summed E-state index contributed by atoms with van der Waals surface area (Å²) in [5, 5.41) is 6.19. The van der Waals surface area contributed by atoms with Gasteiger partial charge in [0.25, 0.3) is 0 Å². The van der Waals surface area contributed by atoms with Crippen LogP contribution in [0.1, 0.15) is 43.4 Å². The van der Waals surface area contributed by atoms with Gasteiger partial charge in [0, 0.05) is 37.4 Å². The second kappa shape index (κ2) is 8.53. The number of carbonyl (C=O) groups is 2. The van der Waals surface area contributed by atoms with Crippen LogP contribution in [-0.4, -0.2) is 48.5 Å². The van der Waals surface area contributed by atoms with Crippen molar-refractivity contribution >= 4 is 28.3 Å². The van der Waals surface area contributed by atoms with Gasteiger partial charge in [0.2, 0.25) is 5.91 Å². The van der Waals surface area contributed by atoms with E-state index in [2.05, 4.69) is 35.0 Å². The quantitative estimate of drug-likeness (QED) is 0.735. The van der Waals surface area contributed by atoms with Gasteiger partial charge < -0.3 is 15.0 Å². The van der Waals surface area contributed by atoms with Crippen LogP contribution >= 0.6 is 11.3 Å². The minimum absolute atomic E-state index is 0.109. The first-order valence-electron chi connectivity index (χ1n) is 10.3. The number of rotatable bonds is 6. The Morgan fingerprint density at radius 1 is 1.31 bits per heavy atom. The summed E-state index contributed by atoms with van der Waals surface area (Å²) < 4.78 is 5.00. The second-order valence-corrected chi connectivity index (χ2v) is 8.67. The molecular formula is C22H27N3O3S. The number of aromatic nitrogens is 1. The Kier molecular flexibility index (Phi) is 5.85. The molecule has 2 aliphatic heterocycles. The highest BCUT2D eigenvalue weighted by Gasteiger charge is 2.41. The number of cyclic esters (lactones) is 1. The lowest BCUT2D eigenvalue weighted by atomic mass is 9.70. The standard InChI is InChI=1S/C22H27N3O3S/c1-23-21-24-18(15-29-21)22(17-5-3-2-4-6-17)10-12-25(13-11-22)19(26)8-7-16-9-14-28-20(16)27/h2-6,15-16H,7-14H2,1H3,(H,23,24). The number of likely N-dealkylation sites (tertiary alicyclic amines) is 1. The van der Waals surface area contributed by atoms with Crippen molar-refractivity contribution in [3.63, 3.8) is 0 Å². The Hall–Kier alpha value is -2.41. The van der Waals surface area contributed by atoms with Gasteiger partial charge >= 0.3 is 5.97 Å². The SMILES string of the molecule is CNc1nc(C2(c3ccccc3)CCN(C(=O)CCC3CCOC3=O)CC2)cs1. The van der Waals surface area contributed by atoms with Crippen molar-refractivity contribution in [2.24, 2.45) is 5.92 Å². The molecule has 1 N–H and O–H groups in total. The normalized spacial score (nSPS) is 21.1. The van der Waals surface area contributed by atoms with E-state index in [0.29, 0.717) is 32.5 Å². The van der Waals surface area contributed by atoms with Crippen molar-refractivity contribution in [2.75, 3.05) is 32.1 Å². The lowest BCUT2D eigenvalue weighted by Gasteiger charge is -2.41. The number of anilines is 1. The third-order valence-corrected chi connectivity index (χ3v) is 7.11. The Labute approximate surface area is 175 Å². The zero-order valence-corrected chi connectivity index (χ0v) is 17.5. The molecule has 6 nitrogen and oxygen atoms in total. The summed E-state index contributed by atoms with van der Waals surface area (Å²) in [6, 6.07) is 10.5. The van der Waals surface area contributed by atoms with Gasteiger partial charge in [-0.3, -0.25) is 9.59 Å². The summed E-state index contributed by atoms with van der Waals surface area (Å²) in [7, 11) is 1.89. The van der Waals surface area contributed by atoms with Crippen LogP contribution in [0.4, 0.5) is 5.13 Å². The van der Waals surface area contributed by atoms with E-state index in [1.807, 2.05) is 18.0 Å². The average molecular weight is 414 g/mol. The van der Waals surface area contributed by atoms with Gasteiger partial charge in [0.15, 0.2) is 5.13 Å². The average Bonchev–Trinajstić information content (AvgIpc) is 3.42. The van der Waals surface area contributed by atoms with E-state index in [9.17, 15) is 9.59 Å². The summed E-state index contributed by atoms with van der Waals surface area (Å²) in [6.07, 6.45) is 3.44. The van der Waals surface area contributed by atoms with Crippen LogP contribution in [0.3, 0.4) is 0 Å². The van der Waals surface area contributed by atoms with Crippen LogP contribution in [0.15, 0.2) is 35.7 Å². The Bertz CT molecular complexity index is 859. The van der Waals surface area contributed by atoms with Crippen molar-refractivity contribution in [2.45, 2.75) is 37.5 Å². The minimum Gasteiger partial charge on any atom is -0.465 e. The van der Waals surface area contributed by atoms with E-state index in [4.69, 9.17) is 9.72 Å². The van der Waals surface area contributed by atoms with Gasteiger partial charge in [-0.2, -0.15) is 0 Å². The first-order chi connectivity index (χ1) is 14.1. The predicted octanol–water partition coefficient (Wildman–Crippen LogP) is 3.44. The monoisotopic (exact) mass is 413 g/mol. The molecule has 1 amide bonds. The maximum absolute atomic E-state index is 12.7. The van der Waals surface area contributed by atoms with Crippen molar-refractivity contribution in [1.29, 1.82) is 0 Å². The fourth-order valence-electron chi connectivity index (χ4n) is 4.45. The first kappa shape index (κ1) is 19.9. The molecule has 2 aromatic rings. The molecule has 0 saturated carbocycles. The van der Waals surface area contributed by atoms with E-state index in [-0.39, 0.29) is 23.2 Å². The van der Waals surface area contributed by atoms with E-state index in [1.54, 1.807) is 11.3 Å².